The molecule has 0 spiro atoms. The van der Waals surface area contributed by atoms with Crippen molar-refractivity contribution < 1.29 is 24.6 Å². The maximum atomic E-state index is 12.7. The summed E-state index contributed by atoms with van der Waals surface area (Å²) in [5, 5.41) is 17.7. The highest BCUT2D eigenvalue weighted by Crippen LogP contribution is 2.24. The molecule has 2 aliphatic heterocycles. The number of anilines is 1. The number of aryl methyl sites for hydroxylation is 1. The molecule has 0 saturated carbocycles. The van der Waals surface area contributed by atoms with Crippen molar-refractivity contribution >= 4 is 35.1 Å². The number of piperazine rings is 1. The molecule has 2 N–H and O–H groups in total. The number of hydrogen-bond acceptors (Lipinski definition) is 8. The van der Waals surface area contributed by atoms with Gasteiger partial charge in [0.2, 0.25) is 5.95 Å². The van der Waals surface area contributed by atoms with Crippen molar-refractivity contribution in [2.75, 3.05) is 50.7 Å². The molecule has 11 heteroatoms. The minimum absolute atomic E-state index is 0.236. The first-order valence-corrected chi connectivity index (χ1v) is 12.6. The summed E-state index contributed by atoms with van der Waals surface area (Å²) in [5.41, 5.74) is 0.941. The molecule has 0 bridgehead atoms. The molecule has 10 nitrogen and oxygen atoms in total. The molecule has 1 amide bonds. The molecule has 188 valence electrons. The predicted octanol–water partition coefficient (Wildman–Crippen LogP) is 2.24. The van der Waals surface area contributed by atoms with Crippen LogP contribution in [0.1, 0.15) is 34.5 Å². The third kappa shape index (κ3) is 8.45. The third-order valence-corrected chi connectivity index (χ3v) is 6.80. The van der Waals surface area contributed by atoms with Gasteiger partial charge in [-0.15, -0.1) is 11.3 Å². The van der Waals surface area contributed by atoms with Gasteiger partial charge in [-0.25, -0.2) is 19.6 Å². The van der Waals surface area contributed by atoms with E-state index in [0.717, 1.165) is 83.0 Å². The summed E-state index contributed by atoms with van der Waals surface area (Å²) in [4.78, 5) is 48.6. The van der Waals surface area contributed by atoms with Crippen molar-refractivity contribution in [1.82, 2.24) is 19.8 Å². The Labute approximate surface area is 208 Å². The van der Waals surface area contributed by atoms with E-state index in [9.17, 15) is 14.4 Å². The Bertz CT molecular complexity index is 989. The highest BCUT2D eigenvalue weighted by molar-refractivity contribution is 7.10. The Kier molecular flexibility index (Phi) is 10.2. The molecule has 35 heavy (non-hydrogen) atoms. The summed E-state index contributed by atoms with van der Waals surface area (Å²) < 4.78 is 0. The normalized spacial score (nSPS) is 16.4. The van der Waals surface area contributed by atoms with Crippen LogP contribution in [-0.2, 0) is 16.0 Å². The monoisotopic (exact) mass is 501 g/mol. The average Bonchev–Trinajstić information content (AvgIpc) is 3.28. The van der Waals surface area contributed by atoms with Crippen LogP contribution in [0.15, 0.2) is 42.1 Å². The first-order chi connectivity index (χ1) is 16.9. The van der Waals surface area contributed by atoms with Crippen molar-refractivity contribution in [3.05, 3.63) is 52.5 Å². The number of carbonyl (C=O) groups is 3. The van der Waals surface area contributed by atoms with Gasteiger partial charge in [-0.3, -0.25) is 9.69 Å². The van der Waals surface area contributed by atoms with Crippen molar-refractivity contribution in [2.24, 2.45) is 0 Å². The molecule has 4 rings (SSSR count). The van der Waals surface area contributed by atoms with Gasteiger partial charge < -0.3 is 20.0 Å². The van der Waals surface area contributed by atoms with Gasteiger partial charge in [-0.1, -0.05) is 0 Å². The van der Waals surface area contributed by atoms with Gasteiger partial charge in [0, 0.05) is 68.7 Å². The van der Waals surface area contributed by atoms with Crippen LogP contribution in [0.5, 0.6) is 0 Å². The van der Waals surface area contributed by atoms with E-state index >= 15 is 0 Å². The Hall–Kier alpha value is -3.31. The summed E-state index contributed by atoms with van der Waals surface area (Å²) in [5.74, 6) is -1.44. The highest BCUT2D eigenvalue weighted by Gasteiger charge is 2.23. The zero-order chi connectivity index (χ0) is 25.0. The molecule has 0 unspecified atom stereocenters. The Morgan fingerprint density at radius 3 is 2.29 bits per heavy atom. The number of aliphatic carboxylic acids is 2. The van der Waals surface area contributed by atoms with Crippen molar-refractivity contribution in [2.45, 2.75) is 25.7 Å². The van der Waals surface area contributed by atoms with E-state index < -0.39 is 11.9 Å². The molecule has 1 saturated heterocycles. The van der Waals surface area contributed by atoms with Crippen molar-refractivity contribution in [3.63, 3.8) is 0 Å². The Balaban J connectivity index is 0.000000371. The number of carbonyl (C=O) groups excluding carboxylic acids is 1. The van der Waals surface area contributed by atoms with Gasteiger partial charge in [0.25, 0.3) is 5.91 Å². The van der Waals surface area contributed by atoms with Crippen LogP contribution in [0.4, 0.5) is 5.95 Å². The molecule has 4 heterocycles. The van der Waals surface area contributed by atoms with E-state index in [1.165, 1.54) is 4.88 Å². The quantitative estimate of drug-likeness (QED) is 0.413. The van der Waals surface area contributed by atoms with E-state index in [-0.39, 0.29) is 5.91 Å². The maximum Gasteiger partial charge on any atom is 0.328 e. The summed E-state index contributed by atoms with van der Waals surface area (Å²) in [6.45, 7) is 6.96. The minimum Gasteiger partial charge on any atom is -0.478 e. The second-order valence-corrected chi connectivity index (χ2v) is 9.25. The van der Waals surface area contributed by atoms with Crippen LogP contribution in [0.3, 0.4) is 0 Å². The molecule has 2 aromatic rings. The number of hydrogen-bond donors (Lipinski definition) is 2. The fourth-order valence-electron chi connectivity index (χ4n) is 4.05. The molecule has 0 aliphatic carbocycles. The van der Waals surface area contributed by atoms with E-state index in [1.807, 2.05) is 17.5 Å². The standard InChI is InChI=1S/C20H27N5OS.C4H4O4/c26-19-17-6-16-27-18(17)5-3-11-24(19)10-2-1-9-23-12-14-25(15-13-23)20-21-7-4-8-22-20;5-3(6)1-2-4(7)8/h4,6-8,16H,1-3,5,9-15H2;1-2H,(H,5,6)(H,7,8). The highest BCUT2D eigenvalue weighted by atomic mass is 32.1. The van der Waals surface area contributed by atoms with Crippen LogP contribution in [0, 0.1) is 0 Å². The number of carboxylic acid groups (broad SMARTS) is 2. The lowest BCUT2D eigenvalue weighted by molar-refractivity contribution is -0.134. The van der Waals surface area contributed by atoms with Gasteiger partial charge >= 0.3 is 11.9 Å². The molecular formula is C24H31N5O5S. The fourth-order valence-corrected chi connectivity index (χ4v) is 4.96. The van der Waals surface area contributed by atoms with Crippen LogP contribution in [0.2, 0.25) is 0 Å². The second kappa shape index (κ2) is 13.5. The number of carboxylic acids is 2. The third-order valence-electron chi connectivity index (χ3n) is 5.82. The number of thiophene rings is 1. The molecule has 0 radical (unpaired) electrons. The molecule has 0 aromatic carbocycles. The summed E-state index contributed by atoms with van der Waals surface area (Å²) >= 11 is 1.72. The number of fused-ring (bicyclic) bond motifs is 1. The molecule has 2 aromatic heterocycles. The van der Waals surface area contributed by atoms with Gasteiger partial charge in [-0.2, -0.15) is 0 Å². The first-order valence-electron chi connectivity index (χ1n) is 11.7. The number of aromatic nitrogens is 2. The topological polar surface area (TPSA) is 127 Å². The van der Waals surface area contributed by atoms with E-state index in [2.05, 4.69) is 24.7 Å². The lowest BCUT2D eigenvalue weighted by atomic mass is 10.2. The minimum atomic E-state index is -1.26. The number of amides is 1. The van der Waals surface area contributed by atoms with Crippen LogP contribution < -0.4 is 4.90 Å². The van der Waals surface area contributed by atoms with E-state index in [1.54, 1.807) is 23.7 Å². The molecular weight excluding hydrogens is 470 g/mol. The maximum absolute atomic E-state index is 12.7. The smallest absolute Gasteiger partial charge is 0.328 e. The predicted molar refractivity (Wildman–Crippen MR) is 133 cm³/mol. The zero-order valence-electron chi connectivity index (χ0n) is 19.6. The molecule has 1 fully saturated rings. The van der Waals surface area contributed by atoms with Gasteiger partial charge in [0.1, 0.15) is 0 Å². The summed E-state index contributed by atoms with van der Waals surface area (Å²) in [7, 11) is 0. The van der Waals surface area contributed by atoms with Gasteiger partial charge in [0.05, 0.1) is 5.56 Å². The largest absolute Gasteiger partial charge is 0.478 e. The van der Waals surface area contributed by atoms with E-state index in [4.69, 9.17) is 10.2 Å². The fraction of sp³-hybridized carbons (Fsp3) is 0.458. The number of rotatable bonds is 8. The summed E-state index contributed by atoms with van der Waals surface area (Å²) in [6, 6.07) is 3.85. The lowest BCUT2D eigenvalue weighted by Gasteiger charge is -2.34. The lowest BCUT2D eigenvalue weighted by Crippen LogP contribution is -2.47. The van der Waals surface area contributed by atoms with Crippen LogP contribution in [-0.4, -0.2) is 93.6 Å². The van der Waals surface area contributed by atoms with Crippen LogP contribution >= 0.6 is 11.3 Å². The molecule has 0 atom stereocenters. The second-order valence-electron chi connectivity index (χ2n) is 8.25. The summed E-state index contributed by atoms with van der Waals surface area (Å²) in [6.07, 6.45) is 9.07. The van der Waals surface area contributed by atoms with Gasteiger partial charge in [0.15, 0.2) is 0 Å². The van der Waals surface area contributed by atoms with Crippen LogP contribution in [0.25, 0.3) is 0 Å². The Morgan fingerprint density at radius 1 is 0.971 bits per heavy atom. The van der Waals surface area contributed by atoms with Gasteiger partial charge in [-0.05, 0) is 49.7 Å². The number of unbranched alkanes of at least 4 members (excludes halogenated alkanes) is 1. The van der Waals surface area contributed by atoms with E-state index in [0.29, 0.717) is 12.2 Å². The average molecular weight is 502 g/mol. The zero-order valence-corrected chi connectivity index (χ0v) is 20.4. The first kappa shape index (κ1) is 26.3. The molecule has 2 aliphatic rings. The Morgan fingerprint density at radius 2 is 1.63 bits per heavy atom. The SMILES string of the molecule is O=C(O)C=CC(=O)O.O=C1c2ccsc2CCCN1CCCCN1CCN(c2ncccn2)CC1. The number of nitrogens with zero attached hydrogens (tertiary/aromatic N) is 5. The van der Waals surface area contributed by atoms with Crippen molar-refractivity contribution in [1.29, 1.82) is 0 Å². The van der Waals surface area contributed by atoms with Crippen molar-refractivity contribution in [3.8, 4) is 0 Å².